The Morgan fingerprint density at radius 2 is 1.75 bits per heavy atom. The average Bonchev–Trinajstić information content (AvgIpc) is 2.59. The van der Waals surface area contributed by atoms with Gasteiger partial charge in [0.05, 0.1) is 0 Å². The van der Waals surface area contributed by atoms with Crippen molar-refractivity contribution < 1.29 is 0 Å². The highest BCUT2D eigenvalue weighted by Crippen LogP contribution is 2.46. The van der Waals surface area contributed by atoms with Gasteiger partial charge < -0.3 is 5.73 Å². The Labute approximate surface area is 95.9 Å². The molecule has 0 saturated heterocycles. The first-order valence-electron chi connectivity index (χ1n) is 5.68. The van der Waals surface area contributed by atoms with Gasteiger partial charge in [-0.05, 0) is 40.8 Å². The highest BCUT2D eigenvalue weighted by Gasteiger charge is 2.26. The zero-order chi connectivity index (χ0) is 11.3. The number of fused-ring (bicyclic) bond motifs is 3. The summed E-state index contributed by atoms with van der Waals surface area (Å²) in [6, 6.07) is 12.8. The van der Waals surface area contributed by atoms with E-state index in [0.717, 1.165) is 5.69 Å². The van der Waals surface area contributed by atoms with Gasteiger partial charge in [0.2, 0.25) is 0 Å². The van der Waals surface area contributed by atoms with Crippen LogP contribution >= 0.6 is 0 Å². The summed E-state index contributed by atoms with van der Waals surface area (Å²) < 4.78 is 0. The van der Waals surface area contributed by atoms with E-state index in [2.05, 4.69) is 44.2 Å². The Bertz CT molecular complexity index is 570. The molecule has 0 heterocycles. The Hall–Kier alpha value is -1.76. The van der Waals surface area contributed by atoms with Crippen LogP contribution in [0.2, 0.25) is 0 Å². The lowest BCUT2D eigenvalue weighted by atomic mass is 9.94. The first kappa shape index (κ1) is 9.46. The molecule has 1 atom stereocenters. The van der Waals surface area contributed by atoms with Gasteiger partial charge in [-0.3, -0.25) is 0 Å². The quantitative estimate of drug-likeness (QED) is 0.658. The van der Waals surface area contributed by atoms with Crippen molar-refractivity contribution in [2.75, 3.05) is 5.73 Å². The zero-order valence-corrected chi connectivity index (χ0v) is 9.62. The molecule has 0 spiro atoms. The molecule has 3 rings (SSSR count). The molecule has 1 unspecified atom stereocenters. The van der Waals surface area contributed by atoms with Gasteiger partial charge >= 0.3 is 0 Å². The van der Waals surface area contributed by atoms with E-state index in [-0.39, 0.29) is 0 Å². The summed E-state index contributed by atoms with van der Waals surface area (Å²) >= 11 is 0. The van der Waals surface area contributed by atoms with E-state index >= 15 is 0 Å². The minimum absolute atomic E-state index is 0.467. The van der Waals surface area contributed by atoms with Crippen LogP contribution in [0.15, 0.2) is 36.4 Å². The zero-order valence-electron chi connectivity index (χ0n) is 9.62. The molecule has 1 aliphatic carbocycles. The maximum Gasteiger partial charge on any atom is 0.0347 e. The Kier molecular flexibility index (Phi) is 1.84. The van der Waals surface area contributed by atoms with Gasteiger partial charge in [0.15, 0.2) is 0 Å². The van der Waals surface area contributed by atoms with Crippen molar-refractivity contribution in [1.82, 2.24) is 0 Å². The second-order valence-corrected chi connectivity index (χ2v) is 4.55. The highest BCUT2D eigenvalue weighted by molar-refractivity contribution is 5.82. The highest BCUT2D eigenvalue weighted by atomic mass is 14.6. The molecule has 1 heteroatoms. The fourth-order valence-electron chi connectivity index (χ4n) is 2.81. The summed E-state index contributed by atoms with van der Waals surface area (Å²) in [5.41, 5.74) is 13.7. The summed E-state index contributed by atoms with van der Waals surface area (Å²) in [7, 11) is 0. The van der Waals surface area contributed by atoms with Crippen LogP contribution in [0.4, 0.5) is 5.69 Å². The van der Waals surface area contributed by atoms with E-state index in [4.69, 9.17) is 5.73 Å². The van der Waals surface area contributed by atoms with Gasteiger partial charge in [-0.15, -0.1) is 0 Å². The van der Waals surface area contributed by atoms with Gasteiger partial charge in [-0.2, -0.15) is 0 Å². The van der Waals surface area contributed by atoms with Crippen molar-refractivity contribution in [3.05, 3.63) is 53.1 Å². The van der Waals surface area contributed by atoms with Gasteiger partial charge in [0, 0.05) is 11.6 Å². The SMILES string of the molecule is Cc1c(N)ccc2c1C(C)c1ccccc1-2. The molecular formula is C15H15N. The van der Waals surface area contributed by atoms with Crippen molar-refractivity contribution in [2.45, 2.75) is 19.8 Å². The van der Waals surface area contributed by atoms with Gasteiger partial charge in [0.1, 0.15) is 0 Å². The van der Waals surface area contributed by atoms with Crippen LogP contribution in [-0.4, -0.2) is 0 Å². The molecule has 0 radical (unpaired) electrons. The first-order chi connectivity index (χ1) is 7.70. The second kappa shape index (κ2) is 3.11. The molecule has 2 aromatic rings. The molecule has 0 fully saturated rings. The Morgan fingerprint density at radius 3 is 2.56 bits per heavy atom. The lowest BCUT2D eigenvalue weighted by Crippen LogP contribution is -1.97. The van der Waals surface area contributed by atoms with Gasteiger partial charge in [-0.1, -0.05) is 37.3 Å². The summed E-state index contributed by atoms with van der Waals surface area (Å²) in [6.07, 6.45) is 0. The fourth-order valence-corrected chi connectivity index (χ4v) is 2.81. The van der Waals surface area contributed by atoms with Crippen LogP contribution in [0.3, 0.4) is 0 Å². The average molecular weight is 209 g/mol. The van der Waals surface area contributed by atoms with Crippen LogP contribution in [0, 0.1) is 6.92 Å². The number of hydrogen-bond acceptors (Lipinski definition) is 1. The predicted molar refractivity (Wildman–Crippen MR) is 68.5 cm³/mol. The Balaban J connectivity index is 2.37. The molecule has 1 aliphatic rings. The normalized spacial score (nSPS) is 17.0. The van der Waals surface area contributed by atoms with E-state index in [1.165, 1.54) is 27.8 Å². The van der Waals surface area contributed by atoms with Crippen molar-refractivity contribution in [3.63, 3.8) is 0 Å². The predicted octanol–water partition coefficient (Wildman–Crippen LogP) is 3.71. The summed E-state index contributed by atoms with van der Waals surface area (Å²) in [5.74, 6) is 0.467. The number of nitrogens with two attached hydrogens (primary N) is 1. The number of anilines is 1. The number of rotatable bonds is 0. The Morgan fingerprint density at radius 1 is 1.00 bits per heavy atom. The minimum atomic E-state index is 0.467. The molecule has 16 heavy (non-hydrogen) atoms. The number of nitrogen functional groups attached to an aromatic ring is 1. The lowest BCUT2D eigenvalue weighted by molar-refractivity contribution is 0.945. The summed E-state index contributed by atoms with van der Waals surface area (Å²) in [4.78, 5) is 0. The van der Waals surface area contributed by atoms with Crippen molar-refractivity contribution >= 4 is 5.69 Å². The van der Waals surface area contributed by atoms with E-state index in [9.17, 15) is 0 Å². The van der Waals surface area contributed by atoms with E-state index in [1.807, 2.05) is 6.07 Å². The molecule has 0 aromatic heterocycles. The standard InChI is InChI=1S/C15H15N/c1-9-11-5-3-4-6-12(11)13-7-8-14(16)10(2)15(9)13/h3-9H,16H2,1-2H3. The van der Waals surface area contributed by atoms with Crippen LogP contribution in [0.5, 0.6) is 0 Å². The molecule has 0 aliphatic heterocycles. The molecule has 0 bridgehead atoms. The first-order valence-corrected chi connectivity index (χ1v) is 5.68. The van der Waals surface area contributed by atoms with E-state index in [0.29, 0.717) is 5.92 Å². The fraction of sp³-hybridized carbons (Fsp3) is 0.200. The van der Waals surface area contributed by atoms with Crippen molar-refractivity contribution in [3.8, 4) is 11.1 Å². The lowest BCUT2D eigenvalue weighted by Gasteiger charge is -2.11. The van der Waals surface area contributed by atoms with Crippen molar-refractivity contribution in [2.24, 2.45) is 0 Å². The molecule has 0 amide bonds. The van der Waals surface area contributed by atoms with Crippen LogP contribution in [0.25, 0.3) is 11.1 Å². The molecule has 1 nitrogen and oxygen atoms in total. The molecular weight excluding hydrogens is 194 g/mol. The third-order valence-corrected chi connectivity index (χ3v) is 3.71. The summed E-state index contributed by atoms with van der Waals surface area (Å²) in [6.45, 7) is 4.38. The van der Waals surface area contributed by atoms with E-state index < -0.39 is 0 Å². The van der Waals surface area contributed by atoms with E-state index in [1.54, 1.807) is 0 Å². The maximum atomic E-state index is 5.99. The molecule has 80 valence electrons. The van der Waals surface area contributed by atoms with Crippen LogP contribution in [0.1, 0.15) is 29.5 Å². The number of hydrogen-bond donors (Lipinski definition) is 1. The maximum absolute atomic E-state index is 5.99. The third-order valence-electron chi connectivity index (χ3n) is 3.71. The largest absolute Gasteiger partial charge is 0.399 e. The smallest absolute Gasteiger partial charge is 0.0347 e. The molecule has 2 aromatic carbocycles. The molecule has 2 N–H and O–H groups in total. The number of benzene rings is 2. The third kappa shape index (κ3) is 1.06. The van der Waals surface area contributed by atoms with Gasteiger partial charge in [0.25, 0.3) is 0 Å². The molecule has 0 saturated carbocycles. The van der Waals surface area contributed by atoms with Crippen LogP contribution in [-0.2, 0) is 0 Å². The topological polar surface area (TPSA) is 26.0 Å². The monoisotopic (exact) mass is 209 g/mol. The minimum Gasteiger partial charge on any atom is -0.399 e. The van der Waals surface area contributed by atoms with Crippen molar-refractivity contribution in [1.29, 1.82) is 0 Å². The second-order valence-electron chi connectivity index (χ2n) is 4.55. The van der Waals surface area contributed by atoms with Gasteiger partial charge in [-0.25, -0.2) is 0 Å². The summed E-state index contributed by atoms with van der Waals surface area (Å²) in [5, 5.41) is 0. The van der Waals surface area contributed by atoms with Crippen LogP contribution < -0.4 is 5.73 Å².